The van der Waals surface area contributed by atoms with Gasteiger partial charge in [-0.25, -0.2) is 4.39 Å². The third-order valence-corrected chi connectivity index (χ3v) is 4.74. The van der Waals surface area contributed by atoms with Gasteiger partial charge in [0.1, 0.15) is 11.6 Å². The normalized spacial score (nSPS) is 20.3. The number of hydrogen-bond acceptors (Lipinski definition) is 3. The Balaban J connectivity index is 0.00000243. The van der Waals surface area contributed by atoms with Crippen molar-refractivity contribution < 1.29 is 13.9 Å². The highest BCUT2D eigenvalue weighted by atomic mass is 35.5. The molecule has 3 atom stereocenters. The lowest BCUT2D eigenvalue weighted by atomic mass is 9.89. The number of carbonyl (C=O) groups is 1. The quantitative estimate of drug-likeness (QED) is 0.869. The van der Waals surface area contributed by atoms with E-state index in [1.165, 1.54) is 17.7 Å². The maximum atomic E-state index is 13.3. The highest BCUT2D eigenvalue weighted by Gasteiger charge is 2.37. The molecule has 2 N–H and O–H groups in total. The zero-order chi connectivity index (χ0) is 17.8. The van der Waals surface area contributed by atoms with Gasteiger partial charge in [0, 0.05) is 25.1 Å². The van der Waals surface area contributed by atoms with Crippen molar-refractivity contribution in [2.75, 3.05) is 19.6 Å². The molecule has 2 aromatic carbocycles. The fraction of sp³-hybridized carbons (Fsp3) is 0.350. The van der Waals surface area contributed by atoms with Crippen molar-refractivity contribution in [3.8, 4) is 5.75 Å². The average molecular weight is 379 g/mol. The van der Waals surface area contributed by atoms with Crippen LogP contribution in [0.5, 0.6) is 5.75 Å². The number of hydrogen-bond donors (Lipinski definition) is 1. The van der Waals surface area contributed by atoms with Crippen molar-refractivity contribution in [3.05, 3.63) is 66.0 Å². The summed E-state index contributed by atoms with van der Waals surface area (Å²) < 4.78 is 18.9. The van der Waals surface area contributed by atoms with Gasteiger partial charge in [0.15, 0.2) is 6.10 Å². The molecule has 26 heavy (non-hydrogen) atoms. The summed E-state index contributed by atoms with van der Waals surface area (Å²) in [6.45, 7) is 3.47. The van der Waals surface area contributed by atoms with E-state index in [4.69, 9.17) is 10.5 Å². The van der Waals surface area contributed by atoms with E-state index in [0.29, 0.717) is 25.4 Å². The van der Waals surface area contributed by atoms with Gasteiger partial charge in [-0.1, -0.05) is 36.4 Å². The van der Waals surface area contributed by atoms with Crippen LogP contribution in [-0.2, 0) is 4.79 Å². The first-order chi connectivity index (χ1) is 12.1. The van der Waals surface area contributed by atoms with Gasteiger partial charge in [-0.2, -0.15) is 0 Å². The van der Waals surface area contributed by atoms with E-state index in [1.807, 2.05) is 18.2 Å². The Bertz CT molecular complexity index is 729. The predicted molar refractivity (Wildman–Crippen MR) is 102 cm³/mol. The van der Waals surface area contributed by atoms with Crippen molar-refractivity contribution in [1.29, 1.82) is 0 Å². The van der Waals surface area contributed by atoms with Crippen LogP contribution in [0, 0.1) is 11.7 Å². The van der Waals surface area contributed by atoms with Crippen LogP contribution in [0.25, 0.3) is 0 Å². The van der Waals surface area contributed by atoms with Crippen LogP contribution in [-0.4, -0.2) is 36.5 Å². The molecule has 1 aliphatic heterocycles. The lowest BCUT2D eigenvalue weighted by Crippen LogP contribution is -2.39. The van der Waals surface area contributed by atoms with Gasteiger partial charge < -0.3 is 15.4 Å². The lowest BCUT2D eigenvalue weighted by Gasteiger charge is -2.22. The summed E-state index contributed by atoms with van der Waals surface area (Å²) in [6.07, 6.45) is -0.672. The fourth-order valence-electron chi connectivity index (χ4n) is 3.42. The van der Waals surface area contributed by atoms with E-state index in [9.17, 15) is 9.18 Å². The molecule has 6 heteroatoms. The van der Waals surface area contributed by atoms with E-state index in [1.54, 1.807) is 24.0 Å². The largest absolute Gasteiger partial charge is 0.481 e. The summed E-state index contributed by atoms with van der Waals surface area (Å²) in [5, 5.41) is 0. The first kappa shape index (κ1) is 20.2. The molecule has 2 aromatic rings. The first-order valence-electron chi connectivity index (χ1n) is 8.54. The van der Waals surface area contributed by atoms with E-state index in [0.717, 1.165) is 0 Å². The summed E-state index contributed by atoms with van der Waals surface area (Å²) in [4.78, 5) is 14.5. The zero-order valence-electron chi connectivity index (χ0n) is 14.7. The van der Waals surface area contributed by atoms with Crippen LogP contribution in [0.15, 0.2) is 54.6 Å². The van der Waals surface area contributed by atoms with Crippen LogP contribution >= 0.6 is 12.4 Å². The molecule has 3 rings (SSSR count). The van der Waals surface area contributed by atoms with Crippen LogP contribution in [0.3, 0.4) is 0 Å². The maximum absolute atomic E-state index is 13.3. The summed E-state index contributed by atoms with van der Waals surface area (Å²) in [5.74, 6) is 0.339. The molecule has 0 aromatic heterocycles. The van der Waals surface area contributed by atoms with Crippen molar-refractivity contribution in [2.45, 2.75) is 18.9 Å². The van der Waals surface area contributed by atoms with E-state index in [-0.39, 0.29) is 36.0 Å². The number of ether oxygens (including phenoxy) is 1. The molecule has 1 saturated heterocycles. The molecular weight excluding hydrogens is 355 g/mol. The molecule has 4 nitrogen and oxygen atoms in total. The van der Waals surface area contributed by atoms with Gasteiger partial charge in [-0.15, -0.1) is 12.4 Å². The minimum absolute atomic E-state index is 0. The Kier molecular flexibility index (Phi) is 7.00. The Morgan fingerprint density at radius 1 is 1.23 bits per heavy atom. The Labute approximate surface area is 159 Å². The molecular formula is C20H24ClFN2O2. The molecule has 1 aliphatic rings. The van der Waals surface area contributed by atoms with Crippen LogP contribution < -0.4 is 10.5 Å². The number of amides is 1. The van der Waals surface area contributed by atoms with Gasteiger partial charge >= 0.3 is 0 Å². The molecule has 1 amide bonds. The summed E-state index contributed by atoms with van der Waals surface area (Å²) in [7, 11) is 0. The first-order valence-corrected chi connectivity index (χ1v) is 8.54. The van der Waals surface area contributed by atoms with Crippen molar-refractivity contribution in [2.24, 2.45) is 11.7 Å². The zero-order valence-corrected chi connectivity index (χ0v) is 15.5. The number of rotatable bonds is 5. The number of likely N-dealkylation sites (tertiary alicyclic amines) is 1. The molecule has 0 spiro atoms. The van der Waals surface area contributed by atoms with Gasteiger partial charge in [-0.3, -0.25) is 4.79 Å². The highest BCUT2D eigenvalue weighted by molar-refractivity contribution is 5.85. The SMILES string of the molecule is CC(Oc1cccc(F)c1)C(=O)N1C[C@@H](CN)[C@H](c2ccccc2)C1.Cl. The summed E-state index contributed by atoms with van der Waals surface area (Å²) >= 11 is 0. The molecule has 1 fully saturated rings. The Hall–Kier alpha value is -2.11. The van der Waals surface area contributed by atoms with Crippen molar-refractivity contribution in [3.63, 3.8) is 0 Å². The van der Waals surface area contributed by atoms with E-state index < -0.39 is 6.10 Å². The topological polar surface area (TPSA) is 55.6 Å². The third-order valence-electron chi connectivity index (χ3n) is 4.74. The predicted octanol–water partition coefficient (Wildman–Crippen LogP) is 3.22. The van der Waals surface area contributed by atoms with Gasteiger partial charge in [-0.05, 0) is 37.1 Å². The number of benzene rings is 2. The monoisotopic (exact) mass is 378 g/mol. The minimum Gasteiger partial charge on any atom is -0.481 e. The molecule has 0 radical (unpaired) electrons. The molecule has 1 unspecified atom stereocenters. The summed E-state index contributed by atoms with van der Waals surface area (Å²) in [6, 6.07) is 16.0. The fourth-order valence-corrected chi connectivity index (χ4v) is 3.42. The smallest absolute Gasteiger partial charge is 0.263 e. The average Bonchev–Trinajstić information content (AvgIpc) is 3.06. The summed E-state index contributed by atoms with van der Waals surface area (Å²) in [5.41, 5.74) is 7.13. The van der Waals surface area contributed by atoms with Crippen LogP contribution in [0.1, 0.15) is 18.4 Å². The molecule has 0 bridgehead atoms. The third kappa shape index (κ3) is 4.54. The minimum atomic E-state index is -0.672. The van der Waals surface area contributed by atoms with Crippen molar-refractivity contribution in [1.82, 2.24) is 4.90 Å². The number of nitrogens with two attached hydrogens (primary N) is 1. The van der Waals surface area contributed by atoms with Crippen molar-refractivity contribution >= 4 is 18.3 Å². The maximum Gasteiger partial charge on any atom is 0.263 e. The highest BCUT2D eigenvalue weighted by Crippen LogP contribution is 2.32. The second-order valence-corrected chi connectivity index (χ2v) is 6.47. The number of nitrogens with zero attached hydrogens (tertiary/aromatic N) is 1. The number of halogens is 2. The van der Waals surface area contributed by atoms with Crippen LogP contribution in [0.4, 0.5) is 4.39 Å². The standard InChI is InChI=1S/C20H23FN2O2.ClH/c1-14(25-18-9-5-8-17(21)10-18)20(24)23-12-16(11-22)19(13-23)15-6-3-2-4-7-15;/h2-10,14,16,19H,11-13,22H2,1H3;1H/t14?,16-,19+;/m1./s1. The second-order valence-electron chi connectivity index (χ2n) is 6.47. The number of carbonyl (C=O) groups excluding carboxylic acids is 1. The lowest BCUT2D eigenvalue weighted by molar-refractivity contribution is -0.137. The van der Waals surface area contributed by atoms with E-state index in [2.05, 4.69) is 12.1 Å². The van der Waals surface area contributed by atoms with Gasteiger partial charge in [0.25, 0.3) is 5.91 Å². The van der Waals surface area contributed by atoms with Gasteiger partial charge in [0.05, 0.1) is 0 Å². The van der Waals surface area contributed by atoms with E-state index >= 15 is 0 Å². The Morgan fingerprint density at radius 3 is 2.62 bits per heavy atom. The molecule has 1 heterocycles. The molecule has 140 valence electrons. The molecule has 0 aliphatic carbocycles. The van der Waals surface area contributed by atoms with Crippen LogP contribution in [0.2, 0.25) is 0 Å². The second kappa shape index (κ2) is 9.01. The molecule has 0 saturated carbocycles. The van der Waals surface area contributed by atoms with Gasteiger partial charge in [0.2, 0.25) is 0 Å². The Morgan fingerprint density at radius 2 is 1.96 bits per heavy atom.